The van der Waals surface area contributed by atoms with Crippen LogP contribution < -0.4 is 5.73 Å². The van der Waals surface area contributed by atoms with Crippen LogP contribution in [0.2, 0.25) is 0 Å². The lowest BCUT2D eigenvalue weighted by Crippen LogP contribution is -2.28. The Hall–Kier alpha value is -1.31. The summed E-state index contributed by atoms with van der Waals surface area (Å²) < 4.78 is 0. The molecule has 2 nitrogen and oxygen atoms in total. The van der Waals surface area contributed by atoms with Gasteiger partial charge in [0.1, 0.15) is 0 Å². The highest BCUT2D eigenvalue weighted by molar-refractivity contribution is 5.94. The standard InChI is InChI=1S/C14H17NO/c15-14(16)13-4-2-1-3-11(13)12-8-7-10(12)9-5-6-9/h1-4,9-10,12H,5-8H2,(H2,15,16). The maximum atomic E-state index is 11.4. The van der Waals surface area contributed by atoms with Crippen molar-refractivity contribution in [1.82, 2.24) is 0 Å². The van der Waals surface area contributed by atoms with Gasteiger partial charge in [-0.05, 0) is 55.1 Å². The van der Waals surface area contributed by atoms with E-state index in [-0.39, 0.29) is 5.91 Å². The normalized spacial score (nSPS) is 28.5. The molecule has 1 aromatic rings. The number of hydrogen-bond donors (Lipinski definition) is 1. The number of amides is 1. The van der Waals surface area contributed by atoms with E-state index >= 15 is 0 Å². The number of primary amides is 1. The number of hydrogen-bond acceptors (Lipinski definition) is 1. The maximum Gasteiger partial charge on any atom is 0.248 e. The molecule has 2 N–H and O–H groups in total. The quantitative estimate of drug-likeness (QED) is 0.827. The van der Waals surface area contributed by atoms with Crippen molar-refractivity contribution in [2.24, 2.45) is 17.6 Å². The van der Waals surface area contributed by atoms with Crippen LogP contribution in [0.4, 0.5) is 0 Å². The van der Waals surface area contributed by atoms with E-state index in [1.54, 1.807) is 0 Å². The van der Waals surface area contributed by atoms with Crippen molar-refractivity contribution in [3.05, 3.63) is 35.4 Å². The minimum Gasteiger partial charge on any atom is -0.366 e. The molecular formula is C14H17NO. The average molecular weight is 215 g/mol. The van der Waals surface area contributed by atoms with Crippen molar-refractivity contribution in [1.29, 1.82) is 0 Å². The van der Waals surface area contributed by atoms with Gasteiger partial charge in [0.2, 0.25) is 5.91 Å². The average Bonchev–Trinajstić information content (AvgIpc) is 3.01. The third kappa shape index (κ3) is 1.53. The molecule has 2 saturated carbocycles. The summed E-state index contributed by atoms with van der Waals surface area (Å²) in [6.45, 7) is 0. The molecule has 2 aliphatic rings. The molecule has 2 atom stereocenters. The molecule has 0 heterocycles. The summed E-state index contributed by atoms with van der Waals surface area (Å²) in [6.07, 6.45) is 5.34. The van der Waals surface area contributed by atoms with Crippen LogP contribution in [0.3, 0.4) is 0 Å². The molecule has 0 aromatic heterocycles. The predicted molar refractivity (Wildman–Crippen MR) is 63.1 cm³/mol. The van der Waals surface area contributed by atoms with E-state index in [1.165, 1.54) is 31.2 Å². The number of carbonyl (C=O) groups excluding carboxylic acids is 1. The molecule has 1 aromatic carbocycles. The van der Waals surface area contributed by atoms with E-state index in [9.17, 15) is 4.79 Å². The zero-order chi connectivity index (χ0) is 11.1. The lowest BCUT2D eigenvalue weighted by molar-refractivity contribution is 0.0996. The Kier molecular flexibility index (Phi) is 2.23. The molecule has 0 bridgehead atoms. The maximum absolute atomic E-state index is 11.4. The molecule has 2 aliphatic carbocycles. The van der Waals surface area contributed by atoms with Gasteiger partial charge in [-0.25, -0.2) is 0 Å². The first-order valence-corrected chi connectivity index (χ1v) is 6.16. The summed E-state index contributed by atoms with van der Waals surface area (Å²) in [6, 6.07) is 7.86. The first-order valence-electron chi connectivity index (χ1n) is 6.16. The summed E-state index contributed by atoms with van der Waals surface area (Å²) >= 11 is 0. The monoisotopic (exact) mass is 215 g/mol. The lowest BCUT2D eigenvalue weighted by Gasteiger charge is -2.38. The predicted octanol–water partition coefficient (Wildman–Crippen LogP) is 2.69. The molecule has 2 unspecified atom stereocenters. The van der Waals surface area contributed by atoms with E-state index in [2.05, 4.69) is 6.07 Å². The Balaban J connectivity index is 1.90. The number of nitrogens with two attached hydrogens (primary N) is 1. The summed E-state index contributed by atoms with van der Waals surface area (Å²) in [5.74, 6) is 2.06. The van der Waals surface area contributed by atoms with E-state index in [0.29, 0.717) is 5.92 Å². The van der Waals surface area contributed by atoms with Gasteiger partial charge in [0, 0.05) is 5.56 Å². The van der Waals surface area contributed by atoms with Gasteiger partial charge in [0.25, 0.3) is 0 Å². The van der Waals surface area contributed by atoms with Crippen molar-refractivity contribution >= 4 is 5.91 Å². The fourth-order valence-electron chi connectivity index (χ4n) is 3.05. The van der Waals surface area contributed by atoms with Crippen LogP contribution in [0.25, 0.3) is 0 Å². The molecule has 16 heavy (non-hydrogen) atoms. The Morgan fingerprint density at radius 2 is 1.88 bits per heavy atom. The highest BCUT2D eigenvalue weighted by atomic mass is 16.1. The molecule has 3 rings (SSSR count). The summed E-state index contributed by atoms with van der Waals surface area (Å²) in [5.41, 5.74) is 7.36. The zero-order valence-corrected chi connectivity index (χ0v) is 9.36. The van der Waals surface area contributed by atoms with Gasteiger partial charge in [0.05, 0.1) is 0 Å². The first-order chi connectivity index (χ1) is 7.77. The molecule has 0 saturated heterocycles. The molecular weight excluding hydrogens is 198 g/mol. The third-order valence-electron chi connectivity index (χ3n) is 4.18. The van der Waals surface area contributed by atoms with Crippen LogP contribution in [0.1, 0.15) is 47.5 Å². The van der Waals surface area contributed by atoms with E-state index in [4.69, 9.17) is 5.73 Å². The Morgan fingerprint density at radius 3 is 2.44 bits per heavy atom. The largest absolute Gasteiger partial charge is 0.366 e. The molecule has 2 fully saturated rings. The highest BCUT2D eigenvalue weighted by Crippen LogP contribution is 2.54. The van der Waals surface area contributed by atoms with Crippen LogP contribution in [-0.2, 0) is 0 Å². The van der Waals surface area contributed by atoms with Crippen LogP contribution in [-0.4, -0.2) is 5.91 Å². The molecule has 1 amide bonds. The molecule has 0 aliphatic heterocycles. The molecule has 84 valence electrons. The molecule has 2 heteroatoms. The second-order valence-electron chi connectivity index (χ2n) is 5.14. The van der Waals surface area contributed by atoms with Crippen molar-refractivity contribution in [2.75, 3.05) is 0 Å². The summed E-state index contributed by atoms with van der Waals surface area (Å²) in [7, 11) is 0. The van der Waals surface area contributed by atoms with Crippen molar-refractivity contribution in [2.45, 2.75) is 31.6 Å². The van der Waals surface area contributed by atoms with Gasteiger partial charge < -0.3 is 5.73 Å². The number of carbonyl (C=O) groups is 1. The minimum atomic E-state index is -0.281. The van der Waals surface area contributed by atoms with Gasteiger partial charge in [-0.15, -0.1) is 0 Å². The molecule has 0 spiro atoms. The molecule has 0 radical (unpaired) electrons. The van der Waals surface area contributed by atoms with Crippen molar-refractivity contribution in [3.8, 4) is 0 Å². The fourth-order valence-corrected chi connectivity index (χ4v) is 3.05. The van der Waals surface area contributed by atoms with Gasteiger partial charge in [-0.3, -0.25) is 4.79 Å². The second kappa shape index (κ2) is 3.62. The Labute approximate surface area is 95.8 Å². The van der Waals surface area contributed by atoms with E-state index < -0.39 is 0 Å². The van der Waals surface area contributed by atoms with E-state index in [1.807, 2.05) is 18.2 Å². The van der Waals surface area contributed by atoms with Gasteiger partial charge >= 0.3 is 0 Å². The lowest BCUT2D eigenvalue weighted by atomic mass is 9.66. The highest BCUT2D eigenvalue weighted by Gasteiger charge is 2.43. The number of benzene rings is 1. The van der Waals surface area contributed by atoms with Crippen LogP contribution >= 0.6 is 0 Å². The van der Waals surface area contributed by atoms with Crippen LogP contribution in [0.15, 0.2) is 24.3 Å². The Bertz CT molecular complexity index is 422. The van der Waals surface area contributed by atoms with Gasteiger partial charge in [-0.2, -0.15) is 0 Å². The summed E-state index contributed by atoms with van der Waals surface area (Å²) in [4.78, 5) is 11.4. The minimum absolute atomic E-state index is 0.281. The van der Waals surface area contributed by atoms with E-state index in [0.717, 1.165) is 17.4 Å². The van der Waals surface area contributed by atoms with Crippen molar-refractivity contribution < 1.29 is 4.79 Å². The fraction of sp³-hybridized carbons (Fsp3) is 0.500. The first kappa shape index (κ1) is 9.88. The van der Waals surface area contributed by atoms with Gasteiger partial charge in [-0.1, -0.05) is 18.2 Å². The topological polar surface area (TPSA) is 43.1 Å². The smallest absolute Gasteiger partial charge is 0.248 e. The summed E-state index contributed by atoms with van der Waals surface area (Å²) in [5, 5.41) is 0. The SMILES string of the molecule is NC(=O)c1ccccc1C1CCC1C1CC1. The third-order valence-corrected chi connectivity index (χ3v) is 4.18. The van der Waals surface area contributed by atoms with Gasteiger partial charge in [0.15, 0.2) is 0 Å². The number of rotatable bonds is 3. The second-order valence-corrected chi connectivity index (χ2v) is 5.14. The zero-order valence-electron chi connectivity index (χ0n) is 9.36. The van der Waals surface area contributed by atoms with Crippen LogP contribution in [0.5, 0.6) is 0 Å². The Morgan fingerprint density at radius 1 is 1.12 bits per heavy atom. The van der Waals surface area contributed by atoms with Crippen LogP contribution in [0, 0.1) is 11.8 Å². The van der Waals surface area contributed by atoms with Crippen molar-refractivity contribution in [3.63, 3.8) is 0 Å².